The maximum absolute atomic E-state index is 12.7. The van der Waals surface area contributed by atoms with Gasteiger partial charge in [-0.2, -0.15) is 5.10 Å². The van der Waals surface area contributed by atoms with Gasteiger partial charge in [0.25, 0.3) is 0 Å². The van der Waals surface area contributed by atoms with Crippen LogP contribution in [0.2, 0.25) is 0 Å². The summed E-state index contributed by atoms with van der Waals surface area (Å²) >= 11 is 0. The van der Waals surface area contributed by atoms with Crippen LogP contribution in [0.15, 0.2) is 60.8 Å². The molecule has 0 fully saturated rings. The highest BCUT2D eigenvalue weighted by molar-refractivity contribution is 5.84. The van der Waals surface area contributed by atoms with E-state index in [2.05, 4.69) is 21.5 Å². The summed E-state index contributed by atoms with van der Waals surface area (Å²) in [6.45, 7) is 3.49. The van der Waals surface area contributed by atoms with Crippen LogP contribution < -0.4 is 5.32 Å². The lowest BCUT2D eigenvalue weighted by molar-refractivity contribution is -0.386. The molecule has 8 nitrogen and oxygen atoms in total. The van der Waals surface area contributed by atoms with Crippen molar-refractivity contribution in [3.63, 3.8) is 0 Å². The molecule has 2 aromatic heterocycles. The summed E-state index contributed by atoms with van der Waals surface area (Å²) in [5.41, 5.74) is 3.86. The van der Waals surface area contributed by atoms with Crippen molar-refractivity contribution in [3.05, 3.63) is 93.4 Å². The van der Waals surface area contributed by atoms with E-state index in [9.17, 15) is 14.9 Å². The summed E-state index contributed by atoms with van der Waals surface area (Å²) in [7, 11) is 0. The van der Waals surface area contributed by atoms with Crippen LogP contribution in [0, 0.1) is 24.0 Å². The van der Waals surface area contributed by atoms with E-state index >= 15 is 0 Å². The fourth-order valence-corrected chi connectivity index (χ4v) is 3.99. The highest BCUT2D eigenvalue weighted by atomic mass is 16.6. The first-order valence-corrected chi connectivity index (χ1v) is 10.0. The number of nitro groups is 1. The molecule has 1 atom stereocenters. The highest BCUT2D eigenvalue weighted by Crippen LogP contribution is 2.30. The molecule has 0 spiro atoms. The fraction of sp³-hybridized carbons (Fsp3) is 0.217. The van der Waals surface area contributed by atoms with Gasteiger partial charge >= 0.3 is 5.69 Å². The average Bonchev–Trinajstić information content (AvgIpc) is 3.30. The molecule has 0 aliphatic heterocycles. The van der Waals surface area contributed by atoms with Crippen LogP contribution in [0.4, 0.5) is 5.69 Å². The van der Waals surface area contributed by atoms with Crippen molar-refractivity contribution in [2.75, 3.05) is 6.54 Å². The van der Waals surface area contributed by atoms with E-state index in [0.29, 0.717) is 17.9 Å². The van der Waals surface area contributed by atoms with E-state index in [0.717, 1.165) is 22.0 Å². The molecule has 0 aliphatic carbocycles. The number of hydrogen-bond acceptors (Lipinski definition) is 4. The number of para-hydroxylation sites is 1. The van der Waals surface area contributed by atoms with Crippen molar-refractivity contribution in [1.29, 1.82) is 0 Å². The van der Waals surface area contributed by atoms with Gasteiger partial charge in [-0.15, -0.1) is 0 Å². The molecule has 2 aromatic carbocycles. The molecular formula is C23H23N5O3. The molecule has 2 heterocycles. The molecule has 4 rings (SSSR count). The number of amides is 1. The van der Waals surface area contributed by atoms with Crippen LogP contribution in [0.1, 0.15) is 28.4 Å². The second-order valence-corrected chi connectivity index (χ2v) is 7.49. The molecule has 1 unspecified atom stereocenters. The number of hydrogen-bond donors (Lipinski definition) is 2. The number of nitrogens with zero attached hydrogens (tertiary/aromatic N) is 3. The largest absolute Gasteiger partial charge is 0.361 e. The Hall–Kier alpha value is -3.94. The zero-order chi connectivity index (χ0) is 22.0. The fourth-order valence-electron chi connectivity index (χ4n) is 3.99. The second-order valence-electron chi connectivity index (χ2n) is 7.49. The summed E-state index contributed by atoms with van der Waals surface area (Å²) in [6, 6.07) is 18.1. The van der Waals surface area contributed by atoms with E-state index in [1.54, 1.807) is 13.8 Å². The van der Waals surface area contributed by atoms with Gasteiger partial charge in [0.05, 0.1) is 4.92 Å². The minimum atomic E-state index is -0.464. The molecule has 1 amide bonds. The van der Waals surface area contributed by atoms with Gasteiger partial charge < -0.3 is 10.3 Å². The van der Waals surface area contributed by atoms with Crippen LogP contribution in [0.5, 0.6) is 0 Å². The molecule has 0 aliphatic rings. The van der Waals surface area contributed by atoms with E-state index in [1.807, 2.05) is 54.7 Å². The van der Waals surface area contributed by atoms with Gasteiger partial charge in [0.15, 0.2) is 0 Å². The van der Waals surface area contributed by atoms with E-state index in [-0.39, 0.29) is 24.1 Å². The lowest BCUT2D eigenvalue weighted by Crippen LogP contribution is -2.32. The number of carbonyl (C=O) groups is 1. The van der Waals surface area contributed by atoms with Crippen LogP contribution >= 0.6 is 0 Å². The minimum absolute atomic E-state index is 0.0453. The van der Waals surface area contributed by atoms with Crippen molar-refractivity contribution in [3.8, 4) is 0 Å². The van der Waals surface area contributed by atoms with E-state index < -0.39 is 4.92 Å². The lowest BCUT2D eigenvalue weighted by atomic mass is 9.91. The zero-order valence-electron chi connectivity index (χ0n) is 17.3. The maximum atomic E-state index is 12.7. The Bertz CT molecular complexity index is 1240. The monoisotopic (exact) mass is 417 g/mol. The van der Waals surface area contributed by atoms with Crippen molar-refractivity contribution >= 4 is 22.5 Å². The summed E-state index contributed by atoms with van der Waals surface area (Å²) in [4.78, 5) is 26.7. The number of aromatic amines is 1. The van der Waals surface area contributed by atoms with Crippen molar-refractivity contribution < 1.29 is 9.72 Å². The van der Waals surface area contributed by atoms with Gasteiger partial charge in [-0.25, -0.2) is 0 Å². The first-order chi connectivity index (χ1) is 15.0. The summed E-state index contributed by atoms with van der Waals surface area (Å²) in [5.74, 6) is -0.294. The van der Waals surface area contributed by atoms with Gasteiger partial charge in [0, 0.05) is 29.6 Å². The van der Waals surface area contributed by atoms with Crippen LogP contribution in [-0.4, -0.2) is 32.1 Å². The first-order valence-electron chi connectivity index (χ1n) is 10.0. The first kappa shape index (κ1) is 20.3. The number of H-pyrrole nitrogens is 1. The predicted molar refractivity (Wildman–Crippen MR) is 118 cm³/mol. The molecule has 0 saturated carbocycles. The van der Waals surface area contributed by atoms with Crippen molar-refractivity contribution in [2.45, 2.75) is 26.3 Å². The molecule has 2 N–H and O–H groups in total. The normalized spacial score (nSPS) is 12.1. The van der Waals surface area contributed by atoms with Gasteiger partial charge in [0.2, 0.25) is 5.91 Å². The summed E-state index contributed by atoms with van der Waals surface area (Å²) < 4.78 is 1.38. The van der Waals surface area contributed by atoms with Crippen LogP contribution in [-0.2, 0) is 11.3 Å². The molecule has 31 heavy (non-hydrogen) atoms. The Labute approximate surface area is 179 Å². The Balaban J connectivity index is 1.55. The third kappa shape index (κ3) is 4.05. The number of fused-ring (bicyclic) bond motifs is 1. The Kier molecular flexibility index (Phi) is 5.53. The molecule has 0 bridgehead atoms. The van der Waals surface area contributed by atoms with Gasteiger partial charge in [-0.3, -0.25) is 19.6 Å². The van der Waals surface area contributed by atoms with E-state index in [1.165, 1.54) is 4.68 Å². The average molecular weight is 417 g/mol. The van der Waals surface area contributed by atoms with E-state index in [4.69, 9.17) is 0 Å². The predicted octanol–water partition coefficient (Wildman–Crippen LogP) is 3.84. The minimum Gasteiger partial charge on any atom is -0.361 e. The summed E-state index contributed by atoms with van der Waals surface area (Å²) in [5, 5.41) is 19.5. The highest BCUT2D eigenvalue weighted by Gasteiger charge is 2.23. The number of rotatable bonds is 7. The number of carbonyl (C=O) groups excluding carboxylic acids is 1. The summed E-state index contributed by atoms with van der Waals surface area (Å²) in [6.07, 6.45) is 1.98. The Morgan fingerprint density at radius 3 is 2.58 bits per heavy atom. The topological polar surface area (TPSA) is 106 Å². The van der Waals surface area contributed by atoms with Gasteiger partial charge in [-0.05, 0) is 31.0 Å². The molecule has 8 heteroatoms. The van der Waals surface area contributed by atoms with Crippen molar-refractivity contribution in [2.24, 2.45) is 0 Å². The molecule has 4 aromatic rings. The lowest BCUT2D eigenvalue weighted by Gasteiger charge is -2.18. The number of aryl methyl sites for hydroxylation is 1. The van der Waals surface area contributed by atoms with Crippen molar-refractivity contribution in [1.82, 2.24) is 20.1 Å². The maximum Gasteiger partial charge on any atom is 0.312 e. The van der Waals surface area contributed by atoms with Crippen LogP contribution in [0.3, 0.4) is 0 Å². The number of nitrogens with one attached hydrogen (secondary N) is 2. The molecule has 158 valence electrons. The molecule has 0 radical (unpaired) electrons. The molecule has 0 saturated heterocycles. The van der Waals surface area contributed by atoms with Gasteiger partial charge in [0.1, 0.15) is 17.9 Å². The standard InChI is InChI=1S/C23H23N5O3/c1-15-23(28(30)31)16(2)27(26-15)14-22(29)25-12-19(17-8-4-3-5-9-17)20-13-24-21-11-7-6-10-18(20)21/h3-11,13,19,24H,12,14H2,1-2H3,(H,25,29). The SMILES string of the molecule is Cc1nn(CC(=O)NCC(c2ccccc2)c2c[nH]c3ccccc23)c(C)c1[N+](=O)[O-]. The second kappa shape index (κ2) is 8.43. The quantitative estimate of drug-likeness (QED) is 0.352. The molecular weight excluding hydrogens is 394 g/mol. The Morgan fingerprint density at radius 1 is 1.16 bits per heavy atom. The Morgan fingerprint density at radius 2 is 1.87 bits per heavy atom. The van der Waals surface area contributed by atoms with Gasteiger partial charge in [-0.1, -0.05) is 48.5 Å². The number of benzene rings is 2. The smallest absolute Gasteiger partial charge is 0.312 e. The third-order valence-corrected chi connectivity index (χ3v) is 5.52. The zero-order valence-corrected chi connectivity index (χ0v) is 17.3. The third-order valence-electron chi connectivity index (χ3n) is 5.52. The number of aromatic nitrogens is 3. The van der Waals surface area contributed by atoms with Crippen LogP contribution in [0.25, 0.3) is 10.9 Å².